The topological polar surface area (TPSA) is 17.8 Å². The van der Waals surface area contributed by atoms with E-state index in [0.29, 0.717) is 0 Å². The maximum absolute atomic E-state index is 4.98. The Balaban J connectivity index is 1.77. The van der Waals surface area contributed by atoms with Crippen LogP contribution in [0.15, 0.2) is 72.8 Å². The molecule has 1 heterocycles. The summed E-state index contributed by atoms with van der Waals surface area (Å²) >= 11 is 0. The van der Waals surface area contributed by atoms with Gasteiger partial charge in [0.15, 0.2) is 0 Å². The fourth-order valence-electron chi connectivity index (χ4n) is 6.03. The second kappa shape index (κ2) is 8.89. The van der Waals surface area contributed by atoms with Gasteiger partial charge in [0.2, 0.25) is 6.71 Å². The number of hydrogen-bond acceptors (Lipinski definition) is 1. The summed E-state index contributed by atoms with van der Waals surface area (Å²) in [5.74, 6) is 1.00. The van der Waals surface area contributed by atoms with E-state index < -0.39 is 0 Å². The van der Waals surface area contributed by atoms with Crippen LogP contribution in [0.3, 0.4) is 0 Å². The van der Waals surface area contributed by atoms with E-state index in [1.807, 2.05) is 0 Å². The van der Waals surface area contributed by atoms with Gasteiger partial charge >= 0.3 is 0 Å². The molecule has 1 aromatic heterocycles. The maximum atomic E-state index is 4.98. The minimum atomic E-state index is 0.158. The summed E-state index contributed by atoms with van der Waals surface area (Å²) in [7, 11) is 2.11. The molecule has 3 heteroatoms. The number of aromatic nitrogens is 2. The van der Waals surface area contributed by atoms with Crippen molar-refractivity contribution in [3.05, 3.63) is 106 Å². The van der Waals surface area contributed by atoms with Crippen molar-refractivity contribution in [3.63, 3.8) is 0 Å². The summed E-state index contributed by atoms with van der Waals surface area (Å²) in [5, 5.41) is 0. The Bertz CT molecular complexity index is 1470. The molecule has 0 N–H and O–H groups in total. The lowest BCUT2D eigenvalue weighted by Crippen LogP contribution is -2.55. The zero-order chi connectivity index (χ0) is 24.9. The molecule has 0 aliphatic rings. The molecule has 0 radical (unpaired) electrons. The van der Waals surface area contributed by atoms with Crippen molar-refractivity contribution in [2.45, 2.75) is 41.5 Å². The zero-order valence-corrected chi connectivity index (χ0v) is 21.9. The Morgan fingerprint density at radius 1 is 0.629 bits per heavy atom. The van der Waals surface area contributed by atoms with E-state index in [9.17, 15) is 0 Å². The van der Waals surface area contributed by atoms with Crippen LogP contribution in [0, 0.1) is 41.5 Å². The van der Waals surface area contributed by atoms with Crippen molar-refractivity contribution in [1.82, 2.24) is 9.55 Å². The standard InChI is InChI=1S/C32H33BN2/c1-20-15-22(3)30(23(4)16-20)33(31-24(5)17-21(2)18-25(31)6)27-12-10-11-26(19-27)32-34-28-13-8-9-14-29(28)35(32)7/h8-19H,1-7H3. The fraction of sp³-hybridized carbons (Fsp3) is 0.219. The van der Waals surface area contributed by atoms with E-state index >= 15 is 0 Å². The van der Waals surface area contributed by atoms with Crippen molar-refractivity contribution >= 4 is 34.1 Å². The maximum Gasteiger partial charge on any atom is 0.242 e. The number of para-hydroxylation sites is 2. The molecule has 0 aliphatic carbocycles. The number of imidazole rings is 1. The highest BCUT2D eigenvalue weighted by Gasteiger charge is 2.28. The molecule has 0 bridgehead atoms. The highest BCUT2D eigenvalue weighted by molar-refractivity contribution is 6.96. The third kappa shape index (κ3) is 4.10. The molecule has 0 unspecified atom stereocenters. The highest BCUT2D eigenvalue weighted by atomic mass is 15.1. The highest BCUT2D eigenvalue weighted by Crippen LogP contribution is 2.23. The molecule has 0 saturated carbocycles. The summed E-state index contributed by atoms with van der Waals surface area (Å²) in [4.78, 5) is 4.98. The van der Waals surface area contributed by atoms with Crippen LogP contribution in [0.1, 0.15) is 33.4 Å². The van der Waals surface area contributed by atoms with E-state index in [2.05, 4.69) is 126 Å². The van der Waals surface area contributed by atoms with Crippen molar-refractivity contribution < 1.29 is 0 Å². The molecule has 5 aromatic rings. The third-order valence-corrected chi connectivity index (χ3v) is 7.32. The van der Waals surface area contributed by atoms with Crippen LogP contribution in [-0.4, -0.2) is 16.3 Å². The SMILES string of the molecule is Cc1cc(C)c(B(c2cccc(-c3nc4ccccc4n3C)c2)c2c(C)cc(C)cc2C)c(C)c1. The van der Waals surface area contributed by atoms with Gasteiger partial charge in [-0.15, -0.1) is 0 Å². The molecule has 0 aliphatic heterocycles. The van der Waals surface area contributed by atoms with Crippen LogP contribution in [0.5, 0.6) is 0 Å². The fourth-order valence-corrected chi connectivity index (χ4v) is 6.03. The van der Waals surface area contributed by atoms with Gasteiger partial charge in [-0.2, -0.15) is 0 Å². The molecular formula is C32H33BN2. The Labute approximate surface area is 209 Å². The van der Waals surface area contributed by atoms with Gasteiger partial charge in [0, 0.05) is 12.6 Å². The Hall–Kier alpha value is -3.59. The number of aryl methyl sites for hydroxylation is 7. The van der Waals surface area contributed by atoms with Gasteiger partial charge in [-0.3, -0.25) is 0 Å². The second-order valence-electron chi connectivity index (χ2n) is 10.2. The van der Waals surface area contributed by atoms with Gasteiger partial charge in [0.05, 0.1) is 11.0 Å². The minimum absolute atomic E-state index is 0.158. The number of hydrogen-bond donors (Lipinski definition) is 0. The first-order valence-corrected chi connectivity index (χ1v) is 12.4. The number of fused-ring (bicyclic) bond motifs is 1. The molecule has 2 nitrogen and oxygen atoms in total. The van der Waals surface area contributed by atoms with Gasteiger partial charge in [-0.25, -0.2) is 4.98 Å². The van der Waals surface area contributed by atoms with Crippen LogP contribution in [0.25, 0.3) is 22.4 Å². The molecule has 4 aromatic carbocycles. The quantitative estimate of drug-likeness (QED) is 0.322. The van der Waals surface area contributed by atoms with Gasteiger partial charge < -0.3 is 4.57 Å². The Morgan fingerprint density at radius 2 is 1.17 bits per heavy atom. The molecule has 0 amide bonds. The molecule has 0 fully saturated rings. The third-order valence-electron chi connectivity index (χ3n) is 7.32. The molecule has 0 spiro atoms. The monoisotopic (exact) mass is 456 g/mol. The lowest BCUT2D eigenvalue weighted by Gasteiger charge is -2.25. The number of benzene rings is 4. The van der Waals surface area contributed by atoms with Gasteiger partial charge in [-0.1, -0.05) is 110 Å². The van der Waals surface area contributed by atoms with E-state index in [0.717, 1.165) is 22.4 Å². The molecule has 174 valence electrons. The van der Waals surface area contributed by atoms with Crippen molar-refractivity contribution in [2.24, 2.45) is 7.05 Å². The Morgan fingerprint density at radius 3 is 1.71 bits per heavy atom. The second-order valence-corrected chi connectivity index (χ2v) is 10.2. The summed E-state index contributed by atoms with van der Waals surface area (Å²) in [6, 6.07) is 26.7. The van der Waals surface area contributed by atoms with Crippen LogP contribution in [0.4, 0.5) is 0 Å². The van der Waals surface area contributed by atoms with Crippen LogP contribution in [0.2, 0.25) is 0 Å². The summed E-state index contributed by atoms with van der Waals surface area (Å²) in [6.07, 6.45) is 0. The van der Waals surface area contributed by atoms with Gasteiger partial charge in [0.1, 0.15) is 5.82 Å². The van der Waals surface area contributed by atoms with Crippen molar-refractivity contribution in [2.75, 3.05) is 0 Å². The Kier molecular flexibility index (Phi) is 5.88. The van der Waals surface area contributed by atoms with E-state index in [4.69, 9.17) is 4.98 Å². The van der Waals surface area contributed by atoms with Crippen LogP contribution >= 0.6 is 0 Å². The smallest absolute Gasteiger partial charge is 0.242 e. The lowest BCUT2D eigenvalue weighted by molar-refractivity contribution is 0.959. The first-order valence-electron chi connectivity index (χ1n) is 12.4. The van der Waals surface area contributed by atoms with Crippen LogP contribution < -0.4 is 16.4 Å². The van der Waals surface area contributed by atoms with Crippen LogP contribution in [-0.2, 0) is 7.05 Å². The minimum Gasteiger partial charge on any atom is -0.327 e. The normalized spacial score (nSPS) is 11.3. The average molecular weight is 456 g/mol. The zero-order valence-electron chi connectivity index (χ0n) is 21.9. The average Bonchev–Trinajstić information content (AvgIpc) is 3.13. The largest absolute Gasteiger partial charge is 0.327 e. The number of nitrogens with zero attached hydrogens (tertiary/aromatic N) is 2. The molecular weight excluding hydrogens is 423 g/mol. The van der Waals surface area contributed by atoms with E-state index in [1.165, 1.54) is 49.8 Å². The molecule has 0 atom stereocenters. The van der Waals surface area contributed by atoms with Crippen molar-refractivity contribution in [1.29, 1.82) is 0 Å². The van der Waals surface area contributed by atoms with E-state index in [-0.39, 0.29) is 6.71 Å². The first kappa shape index (κ1) is 23.2. The first-order chi connectivity index (χ1) is 16.7. The summed E-state index contributed by atoms with van der Waals surface area (Å²) in [6.45, 7) is 13.6. The van der Waals surface area contributed by atoms with Gasteiger partial charge in [-0.05, 0) is 53.7 Å². The molecule has 35 heavy (non-hydrogen) atoms. The lowest BCUT2D eigenvalue weighted by atomic mass is 9.34. The van der Waals surface area contributed by atoms with Gasteiger partial charge in [0.25, 0.3) is 0 Å². The molecule has 5 rings (SSSR count). The summed E-state index contributed by atoms with van der Waals surface area (Å²) in [5.41, 5.74) is 15.5. The number of rotatable bonds is 4. The van der Waals surface area contributed by atoms with Crippen molar-refractivity contribution in [3.8, 4) is 11.4 Å². The predicted molar refractivity (Wildman–Crippen MR) is 152 cm³/mol. The summed E-state index contributed by atoms with van der Waals surface area (Å²) < 4.78 is 2.20. The molecule has 0 saturated heterocycles. The van der Waals surface area contributed by atoms with E-state index in [1.54, 1.807) is 0 Å². The predicted octanol–water partition coefficient (Wildman–Crippen LogP) is 5.61.